The van der Waals surface area contributed by atoms with Crippen LogP contribution in [0.5, 0.6) is 11.5 Å². The fourth-order valence-corrected chi connectivity index (χ4v) is 2.59. The molecular formula is C15H16FNO4S. The Morgan fingerprint density at radius 1 is 1.00 bits per heavy atom. The second kappa shape index (κ2) is 7.13. The summed E-state index contributed by atoms with van der Waals surface area (Å²) in [6, 6.07) is 11.9. The van der Waals surface area contributed by atoms with Crippen molar-refractivity contribution >= 4 is 15.7 Å². The van der Waals surface area contributed by atoms with Crippen molar-refractivity contribution in [2.45, 2.75) is 0 Å². The molecule has 1 N–H and O–H groups in total. The minimum absolute atomic E-state index is 0.0306. The molecule has 0 heterocycles. The maximum atomic E-state index is 12.7. The van der Waals surface area contributed by atoms with Gasteiger partial charge < -0.3 is 9.47 Å². The quantitative estimate of drug-likeness (QED) is 0.850. The van der Waals surface area contributed by atoms with Crippen LogP contribution in [-0.2, 0) is 10.0 Å². The fraction of sp³-hybridized carbons (Fsp3) is 0.200. The van der Waals surface area contributed by atoms with Gasteiger partial charge in [-0.3, -0.25) is 4.72 Å². The lowest BCUT2D eigenvalue weighted by Crippen LogP contribution is -2.21. The Kier molecular flexibility index (Phi) is 5.21. The lowest BCUT2D eigenvalue weighted by Gasteiger charge is -2.10. The summed E-state index contributed by atoms with van der Waals surface area (Å²) in [4.78, 5) is 0. The minimum Gasteiger partial charge on any atom is -0.497 e. The largest absolute Gasteiger partial charge is 0.497 e. The number of ether oxygens (including phenoxy) is 2. The smallest absolute Gasteiger partial charge is 0.236 e. The summed E-state index contributed by atoms with van der Waals surface area (Å²) >= 11 is 0. The number of hydrogen-bond acceptors (Lipinski definition) is 4. The van der Waals surface area contributed by atoms with E-state index in [-0.39, 0.29) is 18.2 Å². The molecule has 0 aliphatic rings. The SMILES string of the molecule is COc1ccc(NS(=O)(=O)CCOc2ccc(F)cc2)cc1. The molecule has 0 aliphatic heterocycles. The highest BCUT2D eigenvalue weighted by atomic mass is 32.2. The van der Waals surface area contributed by atoms with Gasteiger partial charge in [0.05, 0.1) is 7.11 Å². The molecule has 5 nitrogen and oxygen atoms in total. The van der Waals surface area contributed by atoms with Gasteiger partial charge in [0.2, 0.25) is 10.0 Å². The number of benzene rings is 2. The molecule has 7 heteroatoms. The Balaban J connectivity index is 1.86. The van der Waals surface area contributed by atoms with Gasteiger partial charge in [-0.25, -0.2) is 12.8 Å². The minimum atomic E-state index is -3.52. The van der Waals surface area contributed by atoms with Gasteiger partial charge in [-0.05, 0) is 48.5 Å². The molecule has 0 fully saturated rings. The van der Waals surface area contributed by atoms with Crippen molar-refractivity contribution in [1.82, 2.24) is 0 Å². The van der Waals surface area contributed by atoms with E-state index in [1.54, 1.807) is 24.3 Å². The standard InChI is InChI=1S/C15H16FNO4S/c1-20-14-8-4-13(5-9-14)17-22(18,19)11-10-21-15-6-2-12(16)3-7-15/h2-9,17H,10-11H2,1H3. The van der Waals surface area contributed by atoms with Gasteiger partial charge in [0.15, 0.2) is 0 Å². The predicted molar refractivity (Wildman–Crippen MR) is 82.3 cm³/mol. The van der Waals surface area contributed by atoms with Crippen LogP contribution in [0, 0.1) is 5.82 Å². The van der Waals surface area contributed by atoms with E-state index in [4.69, 9.17) is 9.47 Å². The first-order valence-corrected chi connectivity index (χ1v) is 8.17. The molecule has 0 amide bonds. The Labute approximate surface area is 128 Å². The zero-order chi connectivity index (χ0) is 16.0. The zero-order valence-corrected chi connectivity index (χ0v) is 12.8. The van der Waals surface area contributed by atoms with Gasteiger partial charge in [-0.1, -0.05) is 0 Å². The summed E-state index contributed by atoms with van der Waals surface area (Å²) in [5.41, 5.74) is 0.447. The first-order chi connectivity index (χ1) is 10.5. The van der Waals surface area contributed by atoms with Gasteiger partial charge in [-0.15, -0.1) is 0 Å². The number of hydrogen-bond donors (Lipinski definition) is 1. The van der Waals surface area contributed by atoms with Crippen molar-refractivity contribution in [3.8, 4) is 11.5 Å². The third-order valence-electron chi connectivity index (χ3n) is 2.80. The first kappa shape index (κ1) is 16.1. The molecule has 0 bridgehead atoms. The summed E-state index contributed by atoms with van der Waals surface area (Å²) < 4.78 is 49.3. The van der Waals surface area contributed by atoms with Crippen LogP contribution in [0.2, 0.25) is 0 Å². The number of anilines is 1. The maximum Gasteiger partial charge on any atom is 0.236 e. The van der Waals surface area contributed by atoms with E-state index in [1.165, 1.54) is 31.4 Å². The Bertz CT molecular complexity index is 699. The lowest BCUT2D eigenvalue weighted by molar-refractivity contribution is 0.340. The molecule has 0 spiro atoms. The summed E-state index contributed by atoms with van der Waals surface area (Å²) in [6.07, 6.45) is 0. The highest BCUT2D eigenvalue weighted by Crippen LogP contribution is 2.16. The summed E-state index contributed by atoms with van der Waals surface area (Å²) in [6.45, 7) is -0.0306. The van der Waals surface area contributed by atoms with Crippen LogP contribution < -0.4 is 14.2 Å². The average Bonchev–Trinajstić information content (AvgIpc) is 2.49. The van der Waals surface area contributed by atoms with Crippen LogP contribution in [0.3, 0.4) is 0 Å². The van der Waals surface area contributed by atoms with Crippen molar-refractivity contribution in [3.05, 3.63) is 54.3 Å². The molecule has 0 saturated carbocycles. The highest BCUT2D eigenvalue weighted by molar-refractivity contribution is 7.92. The molecule has 0 aliphatic carbocycles. The number of sulfonamides is 1. The van der Waals surface area contributed by atoms with E-state index in [2.05, 4.69) is 4.72 Å². The third kappa shape index (κ3) is 4.92. The van der Waals surface area contributed by atoms with E-state index in [9.17, 15) is 12.8 Å². The predicted octanol–water partition coefficient (Wildman–Crippen LogP) is 2.66. The molecule has 22 heavy (non-hydrogen) atoms. The zero-order valence-electron chi connectivity index (χ0n) is 12.0. The number of methoxy groups -OCH3 is 1. The normalized spacial score (nSPS) is 11.0. The van der Waals surface area contributed by atoms with E-state index < -0.39 is 10.0 Å². The Hall–Kier alpha value is -2.28. The maximum absolute atomic E-state index is 12.7. The first-order valence-electron chi connectivity index (χ1n) is 6.51. The molecular weight excluding hydrogens is 309 g/mol. The van der Waals surface area contributed by atoms with Crippen LogP contribution in [0.15, 0.2) is 48.5 Å². The van der Waals surface area contributed by atoms with E-state index in [0.717, 1.165) is 0 Å². The van der Waals surface area contributed by atoms with Crippen molar-refractivity contribution < 1.29 is 22.3 Å². The van der Waals surface area contributed by atoms with E-state index in [1.807, 2.05) is 0 Å². The number of nitrogens with one attached hydrogen (secondary N) is 1. The number of halogens is 1. The van der Waals surface area contributed by atoms with Gasteiger partial charge in [0.1, 0.15) is 29.7 Å². The van der Waals surface area contributed by atoms with Crippen LogP contribution in [-0.4, -0.2) is 27.9 Å². The average molecular weight is 325 g/mol. The van der Waals surface area contributed by atoms with Crippen molar-refractivity contribution in [2.75, 3.05) is 24.2 Å². The third-order valence-corrected chi connectivity index (χ3v) is 4.05. The summed E-state index contributed by atoms with van der Waals surface area (Å²) in [7, 11) is -1.99. The van der Waals surface area contributed by atoms with Crippen molar-refractivity contribution in [2.24, 2.45) is 0 Å². The van der Waals surface area contributed by atoms with Gasteiger partial charge >= 0.3 is 0 Å². The lowest BCUT2D eigenvalue weighted by atomic mass is 10.3. The molecule has 0 saturated heterocycles. The number of rotatable bonds is 7. The second-order valence-electron chi connectivity index (χ2n) is 4.45. The van der Waals surface area contributed by atoms with E-state index >= 15 is 0 Å². The van der Waals surface area contributed by atoms with Crippen LogP contribution in [0.1, 0.15) is 0 Å². The molecule has 2 aromatic carbocycles. The molecule has 0 aromatic heterocycles. The van der Waals surface area contributed by atoms with E-state index in [0.29, 0.717) is 17.2 Å². The second-order valence-corrected chi connectivity index (χ2v) is 6.29. The van der Waals surface area contributed by atoms with Gasteiger partial charge in [0, 0.05) is 5.69 Å². The highest BCUT2D eigenvalue weighted by Gasteiger charge is 2.11. The summed E-state index contributed by atoms with van der Waals surface area (Å²) in [5.74, 6) is 0.473. The molecule has 2 rings (SSSR count). The molecule has 2 aromatic rings. The van der Waals surface area contributed by atoms with Gasteiger partial charge in [-0.2, -0.15) is 0 Å². The monoisotopic (exact) mass is 325 g/mol. The topological polar surface area (TPSA) is 64.6 Å². The van der Waals surface area contributed by atoms with Crippen LogP contribution >= 0.6 is 0 Å². The van der Waals surface area contributed by atoms with Crippen LogP contribution in [0.25, 0.3) is 0 Å². The molecule has 118 valence electrons. The molecule has 0 atom stereocenters. The Morgan fingerprint density at radius 2 is 1.59 bits per heavy atom. The molecule has 0 radical (unpaired) electrons. The molecule has 0 unspecified atom stereocenters. The summed E-state index contributed by atoms with van der Waals surface area (Å²) in [5, 5.41) is 0. The van der Waals surface area contributed by atoms with Gasteiger partial charge in [0.25, 0.3) is 0 Å². The Morgan fingerprint density at radius 3 is 2.18 bits per heavy atom. The van der Waals surface area contributed by atoms with Crippen molar-refractivity contribution in [1.29, 1.82) is 0 Å². The fourth-order valence-electron chi connectivity index (χ4n) is 1.69. The van der Waals surface area contributed by atoms with Crippen LogP contribution in [0.4, 0.5) is 10.1 Å². The van der Waals surface area contributed by atoms with Crippen molar-refractivity contribution in [3.63, 3.8) is 0 Å².